The summed E-state index contributed by atoms with van der Waals surface area (Å²) in [6.45, 7) is 3.38. The Bertz CT molecular complexity index is 1190. The Hall–Kier alpha value is -3.01. The van der Waals surface area contributed by atoms with Crippen LogP contribution < -0.4 is 9.46 Å². The van der Waals surface area contributed by atoms with E-state index in [-0.39, 0.29) is 22.6 Å². The van der Waals surface area contributed by atoms with E-state index in [1.807, 2.05) is 0 Å². The van der Waals surface area contributed by atoms with E-state index in [1.165, 1.54) is 25.6 Å². The maximum absolute atomic E-state index is 15.0. The SMILES string of the molecule is COc1ccnc2[nH]cc(C(=O)c3c(F)ccc(NS(=O)(=O)CC(C)C)c3F)c12. The van der Waals surface area contributed by atoms with Crippen LogP contribution >= 0.6 is 0 Å². The van der Waals surface area contributed by atoms with Gasteiger partial charge in [-0.3, -0.25) is 9.52 Å². The lowest BCUT2D eigenvalue weighted by Gasteiger charge is -2.13. The van der Waals surface area contributed by atoms with Gasteiger partial charge in [0, 0.05) is 12.4 Å². The minimum absolute atomic E-state index is 0.0510. The maximum atomic E-state index is 15.0. The molecule has 2 N–H and O–H groups in total. The maximum Gasteiger partial charge on any atom is 0.233 e. The van der Waals surface area contributed by atoms with E-state index < -0.39 is 38.7 Å². The van der Waals surface area contributed by atoms with Crippen LogP contribution in [0.5, 0.6) is 5.75 Å². The molecule has 0 radical (unpaired) electrons. The highest BCUT2D eigenvalue weighted by atomic mass is 32.2. The fourth-order valence-corrected chi connectivity index (χ4v) is 4.45. The van der Waals surface area contributed by atoms with E-state index in [1.54, 1.807) is 13.8 Å². The molecule has 0 amide bonds. The number of anilines is 1. The number of aromatic amines is 1. The number of carbonyl (C=O) groups is 1. The van der Waals surface area contributed by atoms with E-state index in [4.69, 9.17) is 4.74 Å². The number of rotatable bonds is 7. The van der Waals surface area contributed by atoms with Crippen molar-refractivity contribution in [1.29, 1.82) is 0 Å². The second-order valence-electron chi connectivity index (χ2n) is 6.83. The molecule has 154 valence electrons. The zero-order chi connectivity index (χ0) is 21.3. The van der Waals surface area contributed by atoms with Crippen molar-refractivity contribution in [3.05, 3.63) is 53.4 Å². The summed E-state index contributed by atoms with van der Waals surface area (Å²) < 4.78 is 60.9. The van der Waals surface area contributed by atoms with Crippen LogP contribution in [0.1, 0.15) is 29.8 Å². The standard InChI is InChI=1S/C19H19F2N3O4S/c1-10(2)9-29(26,27)24-13-5-4-12(20)16(17(13)21)18(25)11-8-23-19-15(11)14(28-3)6-7-22-19/h4-8,10,24H,9H2,1-3H3,(H,22,23). The number of hydrogen-bond acceptors (Lipinski definition) is 5. The van der Waals surface area contributed by atoms with Crippen molar-refractivity contribution >= 4 is 32.5 Å². The van der Waals surface area contributed by atoms with Crippen LogP contribution in [0.2, 0.25) is 0 Å². The Morgan fingerprint density at radius 3 is 2.66 bits per heavy atom. The minimum Gasteiger partial charge on any atom is -0.496 e. The van der Waals surface area contributed by atoms with Gasteiger partial charge in [0.1, 0.15) is 17.2 Å². The highest BCUT2D eigenvalue weighted by molar-refractivity contribution is 7.92. The molecule has 0 aliphatic carbocycles. The third-order valence-corrected chi connectivity index (χ3v) is 5.77. The highest BCUT2D eigenvalue weighted by Gasteiger charge is 2.27. The smallest absolute Gasteiger partial charge is 0.233 e. The van der Waals surface area contributed by atoms with Crippen LogP contribution in [0.3, 0.4) is 0 Å². The van der Waals surface area contributed by atoms with E-state index in [0.717, 1.165) is 12.1 Å². The number of ketones is 1. The molecule has 2 aromatic heterocycles. The number of ether oxygens (including phenoxy) is 1. The molecule has 2 heterocycles. The number of carbonyl (C=O) groups excluding carboxylic acids is 1. The van der Waals surface area contributed by atoms with E-state index in [9.17, 15) is 22.0 Å². The van der Waals surface area contributed by atoms with Crippen LogP contribution in [0, 0.1) is 17.6 Å². The number of H-pyrrole nitrogens is 1. The first-order valence-electron chi connectivity index (χ1n) is 8.68. The van der Waals surface area contributed by atoms with Gasteiger partial charge in [0.05, 0.1) is 35.1 Å². The normalized spacial score (nSPS) is 11.8. The molecule has 0 aliphatic rings. The summed E-state index contributed by atoms with van der Waals surface area (Å²) in [5, 5.41) is 0.268. The molecular weight excluding hydrogens is 404 g/mol. The summed E-state index contributed by atoms with van der Waals surface area (Å²) in [5.74, 6) is -3.53. The van der Waals surface area contributed by atoms with Crippen LogP contribution in [0.15, 0.2) is 30.6 Å². The first-order chi connectivity index (χ1) is 13.6. The number of aromatic nitrogens is 2. The zero-order valence-corrected chi connectivity index (χ0v) is 16.7. The number of nitrogens with zero attached hydrogens (tertiary/aromatic N) is 1. The first-order valence-corrected chi connectivity index (χ1v) is 10.3. The van der Waals surface area contributed by atoms with Gasteiger partial charge >= 0.3 is 0 Å². The number of nitrogens with one attached hydrogen (secondary N) is 2. The topological polar surface area (TPSA) is 101 Å². The van der Waals surface area contributed by atoms with Gasteiger partial charge < -0.3 is 9.72 Å². The van der Waals surface area contributed by atoms with Gasteiger partial charge in [-0.1, -0.05) is 13.8 Å². The van der Waals surface area contributed by atoms with Gasteiger partial charge in [0.25, 0.3) is 0 Å². The first kappa shape index (κ1) is 20.7. The summed E-state index contributed by atoms with van der Waals surface area (Å²) in [6, 6.07) is 3.29. The number of methoxy groups -OCH3 is 1. The van der Waals surface area contributed by atoms with Gasteiger partial charge in [0.15, 0.2) is 5.82 Å². The van der Waals surface area contributed by atoms with E-state index in [2.05, 4.69) is 14.7 Å². The lowest BCUT2D eigenvalue weighted by Crippen LogP contribution is -2.21. The summed E-state index contributed by atoms with van der Waals surface area (Å²) >= 11 is 0. The third kappa shape index (κ3) is 4.07. The number of halogens is 2. The summed E-state index contributed by atoms with van der Waals surface area (Å²) in [4.78, 5) is 19.8. The highest BCUT2D eigenvalue weighted by Crippen LogP contribution is 2.31. The fourth-order valence-electron chi connectivity index (χ4n) is 3.00. The average molecular weight is 423 g/mol. The molecule has 0 unspecified atom stereocenters. The Labute approximate surface area is 166 Å². The Morgan fingerprint density at radius 2 is 2.00 bits per heavy atom. The number of fused-ring (bicyclic) bond motifs is 1. The average Bonchev–Trinajstić information content (AvgIpc) is 3.07. The van der Waals surface area contributed by atoms with Gasteiger partial charge in [-0.2, -0.15) is 0 Å². The second kappa shape index (κ2) is 7.78. The van der Waals surface area contributed by atoms with Crippen LogP contribution in [-0.4, -0.2) is 37.0 Å². The van der Waals surface area contributed by atoms with Gasteiger partial charge in [-0.25, -0.2) is 22.2 Å². The van der Waals surface area contributed by atoms with Crippen LogP contribution in [-0.2, 0) is 10.0 Å². The van der Waals surface area contributed by atoms with Crippen molar-refractivity contribution in [3.63, 3.8) is 0 Å². The number of sulfonamides is 1. The van der Waals surface area contributed by atoms with Crippen molar-refractivity contribution in [3.8, 4) is 5.75 Å². The molecule has 0 saturated heterocycles. The molecule has 0 atom stereocenters. The minimum atomic E-state index is -3.87. The van der Waals surface area contributed by atoms with Gasteiger partial charge in [-0.05, 0) is 24.1 Å². The molecule has 10 heteroatoms. The van der Waals surface area contributed by atoms with Crippen LogP contribution in [0.4, 0.5) is 14.5 Å². The van der Waals surface area contributed by atoms with Crippen molar-refractivity contribution in [1.82, 2.24) is 9.97 Å². The van der Waals surface area contributed by atoms with Crippen molar-refractivity contribution < 1.29 is 26.7 Å². The molecule has 3 aromatic rings. The largest absolute Gasteiger partial charge is 0.496 e. The molecule has 7 nitrogen and oxygen atoms in total. The molecule has 1 aromatic carbocycles. The monoisotopic (exact) mass is 423 g/mol. The molecular formula is C19H19F2N3O4S. The number of pyridine rings is 1. The van der Waals surface area contributed by atoms with E-state index >= 15 is 0 Å². The Morgan fingerprint density at radius 1 is 1.28 bits per heavy atom. The van der Waals surface area contributed by atoms with Crippen molar-refractivity contribution in [2.24, 2.45) is 5.92 Å². The Balaban J connectivity index is 2.09. The summed E-state index contributed by atoms with van der Waals surface area (Å²) in [5.41, 5.74) is -1.12. The zero-order valence-electron chi connectivity index (χ0n) is 15.9. The van der Waals surface area contributed by atoms with Crippen molar-refractivity contribution in [2.75, 3.05) is 17.6 Å². The quantitative estimate of drug-likeness (QED) is 0.567. The predicted octanol–water partition coefficient (Wildman–Crippen LogP) is 3.48. The van der Waals surface area contributed by atoms with Gasteiger partial charge in [0.2, 0.25) is 15.8 Å². The lowest BCUT2D eigenvalue weighted by molar-refractivity contribution is 0.103. The van der Waals surface area contributed by atoms with Crippen LogP contribution in [0.25, 0.3) is 11.0 Å². The van der Waals surface area contributed by atoms with Crippen molar-refractivity contribution in [2.45, 2.75) is 13.8 Å². The molecule has 0 fully saturated rings. The Kier molecular flexibility index (Phi) is 5.56. The molecule has 0 bridgehead atoms. The molecule has 0 saturated carbocycles. The summed E-state index contributed by atoms with van der Waals surface area (Å²) in [7, 11) is -2.48. The fraction of sp³-hybridized carbons (Fsp3) is 0.263. The molecule has 29 heavy (non-hydrogen) atoms. The van der Waals surface area contributed by atoms with Gasteiger partial charge in [-0.15, -0.1) is 0 Å². The molecule has 0 aliphatic heterocycles. The number of benzene rings is 1. The molecule has 0 spiro atoms. The second-order valence-corrected chi connectivity index (χ2v) is 8.60. The summed E-state index contributed by atoms with van der Waals surface area (Å²) in [6.07, 6.45) is 2.73. The molecule has 3 rings (SSSR count). The predicted molar refractivity (Wildman–Crippen MR) is 105 cm³/mol. The number of hydrogen-bond donors (Lipinski definition) is 2. The van der Waals surface area contributed by atoms with E-state index in [0.29, 0.717) is 11.4 Å². The third-order valence-electron chi connectivity index (χ3n) is 4.14. The lowest BCUT2D eigenvalue weighted by atomic mass is 10.0.